The number of nitrogens with one attached hydrogen (secondary N) is 2. The highest BCUT2D eigenvalue weighted by Crippen LogP contribution is 2.21. The molecule has 0 unspecified atom stereocenters. The fraction of sp³-hybridized carbons (Fsp3) is 0.118. The third-order valence-corrected chi connectivity index (χ3v) is 4.34. The van der Waals surface area contributed by atoms with E-state index in [-0.39, 0.29) is 5.91 Å². The normalized spacial score (nSPS) is 11.8. The van der Waals surface area contributed by atoms with Gasteiger partial charge in [0.25, 0.3) is 5.91 Å². The maximum Gasteiger partial charge on any atom is 0.267 e. The van der Waals surface area contributed by atoms with Crippen molar-refractivity contribution in [1.29, 1.82) is 0 Å². The van der Waals surface area contributed by atoms with E-state index in [0.29, 0.717) is 21.4 Å². The van der Waals surface area contributed by atoms with Crippen molar-refractivity contribution in [2.45, 2.75) is 13.0 Å². The standard InChI is InChI=1S/C17H16N4O2S/c1-11(22)17-19-10-14(24-17)16(23)21-13-7-8-15(18-9-13)20-12-5-3-2-4-6-12/h2-11,22H,1H3,(H,18,20)(H,21,23)/t11-/m1/s1. The number of hydrogen-bond donors (Lipinski definition) is 3. The molecule has 1 amide bonds. The molecule has 1 atom stereocenters. The number of hydrogen-bond acceptors (Lipinski definition) is 6. The van der Waals surface area contributed by atoms with Crippen molar-refractivity contribution in [2.24, 2.45) is 0 Å². The molecule has 0 aliphatic heterocycles. The summed E-state index contributed by atoms with van der Waals surface area (Å²) in [6.07, 6.45) is 2.36. The molecule has 7 heteroatoms. The Labute approximate surface area is 143 Å². The fourth-order valence-corrected chi connectivity index (χ4v) is 2.74. The first-order valence-corrected chi connectivity index (χ1v) is 8.17. The van der Waals surface area contributed by atoms with Gasteiger partial charge < -0.3 is 15.7 Å². The molecule has 3 aromatic rings. The average molecular weight is 340 g/mol. The molecule has 0 aliphatic rings. The van der Waals surface area contributed by atoms with E-state index in [2.05, 4.69) is 20.6 Å². The van der Waals surface area contributed by atoms with Gasteiger partial charge in [0, 0.05) is 5.69 Å². The quantitative estimate of drug-likeness (QED) is 0.661. The van der Waals surface area contributed by atoms with Gasteiger partial charge in [-0.3, -0.25) is 4.79 Å². The van der Waals surface area contributed by atoms with Crippen molar-refractivity contribution >= 4 is 34.4 Å². The summed E-state index contributed by atoms with van der Waals surface area (Å²) in [5.74, 6) is 0.415. The molecule has 2 aromatic heterocycles. The zero-order chi connectivity index (χ0) is 16.9. The Morgan fingerprint density at radius 2 is 1.88 bits per heavy atom. The van der Waals surface area contributed by atoms with E-state index in [1.54, 1.807) is 25.3 Å². The van der Waals surface area contributed by atoms with Crippen LogP contribution in [0.2, 0.25) is 0 Å². The van der Waals surface area contributed by atoms with E-state index in [9.17, 15) is 9.90 Å². The van der Waals surface area contributed by atoms with Crippen molar-refractivity contribution < 1.29 is 9.90 Å². The molecule has 6 nitrogen and oxygen atoms in total. The first kappa shape index (κ1) is 16.1. The summed E-state index contributed by atoms with van der Waals surface area (Å²) in [6.45, 7) is 1.61. The Balaban J connectivity index is 1.64. The monoisotopic (exact) mass is 340 g/mol. The Morgan fingerprint density at radius 1 is 1.08 bits per heavy atom. The second-order valence-electron chi connectivity index (χ2n) is 5.12. The van der Waals surface area contributed by atoms with Crippen molar-refractivity contribution in [3.63, 3.8) is 0 Å². The highest BCUT2D eigenvalue weighted by Gasteiger charge is 2.13. The van der Waals surface area contributed by atoms with Crippen LogP contribution in [0.4, 0.5) is 17.2 Å². The molecule has 0 radical (unpaired) electrons. The third-order valence-electron chi connectivity index (χ3n) is 3.17. The highest BCUT2D eigenvalue weighted by atomic mass is 32.1. The third kappa shape index (κ3) is 3.95. The van der Waals surface area contributed by atoms with Gasteiger partial charge in [-0.15, -0.1) is 11.3 Å². The van der Waals surface area contributed by atoms with Crippen molar-refractivity contribution in [1.82, 2.24) is 9.97 Å². The average Bonchev–Trinajstić information content (AvgIpc) is 3.08. The van der Waals surface area contributed by atoms with E-state index < -0.39 is 6.10 Å². The van der Waals surface area contributed by atoms with Gasteiger partial charge in [0.15, 0.2) is 0 Å². The summed E-state index contributed by atoms with van der Waals surface area (Å²) < 4.78 is 0. The number of aromatic nitrogens is 2. The second kappa shape index (κ2) is 7.20. The molecule has 122 valence electrons. The first-order valence-electron chi connectivity index (χ1n) is 7.35. The maximum absolute atomic E-state index is 12.2. The molecule has 0 fully saturated rings. The van der Waals surface area contributed by atoms with E-state index in [1.165, 1.54) is 17.5 Å². The minimum absolute atomic E-state index is 0.273. The lowest BCUT2D eigenvalue weighted by Crippen LogP contribution is -2.10. The van der Waals surface area contributed by atoms with Crippen molar-refractivity contribution in [3.05, 3.63) is 64.7 Å². The number of nitrogens with zero attached hydrogens (tertiary/aromatic N) is 2. The Morgan fingerprint density at radius 3 is 2.50 bits per heavy atom. The summed E-state index contributed by atoms with van der Waals surface area (Å²) in [5, 5.41) is 15.9. The van der Waals surface area contributed by atoms with Crippen molar-refractivity contribution in [2.75, 3.05) is 10.6 Å². The lowest BCUT2D eigenvalue weighted by Gasteiger charge is -2.07. The predicted octanol–water partition coefficient (Wildman–Crippen LogP) is 3.59. The Hall–Kier alpha value is -2.77. The molecule has 1 aromatic carbocycles. The highest BCUT2D eigenvalue weighted by molar-refractivity contribution is 7.13. The molecule has 24 heavy (non-hydrogen) atoms. The largest absolute Gasteiger partial charge is 0.386 e. The van der Waals surface area contributed by atoms with Crippen molar-refractivity contribution in [3.8, 4) is 0 Å². The number of aliphatic hydroxyl groups is 1. The van der Waals surface area contributed by atoms with E-state index in [0.717, 1.165) is 5.69 Å². The number of benzene rings is 1. The number of carbonyl (C=O) groups excluding carboxylic acids is 1. The minimum Gasteiger partial charge on any atom is -0.386 e. The predicted molar refractivity (Wildman–Crippen MR) is 94.7 cm³/mol. The molecule has 0 saturated heterocycles. The van der Waals surface area contributed by atoms with E-state index in [4.69, 9.17) is 0 Å². The first-order chi connectivity index (χ1) is 11.6. The Kier molecular flexibility index (Phi) is 4.83. The Bertz CT molecular complexity index is 816. The number of pyridine rings is 1. The number of thiazole rings is 1. The molecule has 2 heterocycles. The van der Waals surface area contributed by atoms with Crippen LogP contribution in [0, 0.1) is 0 Å². The minimum atomic E-state index is -0.679. The van der Waals surface area contributed by atoms with E-state index in [1.807, 2.05) is 30.3 Å². The summed E-state index contributed by atoms with van der Waals surface area (Å²) >= 11 is 1.17. The van der Waals surface area contributed by atoms with Crippen LogP contribution < -0.4 is 10.6 Å². The van der Waals surface area contributed by atoms with Gasteiger partial charge >= 0.3 is 0 Å². The van der Waals surface area contributed by atoms with Gasteiger partial charge in [-0.1, -0.05) is 18.2 Å². The summed E-state index contributed by atoms with van der Waals surface area (Å²) in [5.41, 5.74) is 1.53. The zero-order valence-corrected chi connectivity index (χ0v) is 13.7. The van der Waals surface area contributed by atoms with Crippen LogP contribution in [0.5, 0.6) is 0 Å². The van der Waals surface area contributed by atoms with Gasteiger partial charge in [0.2, 0.25) is 0 Å². The van der Waals surface area contributed by atoms with Crippen LogP contribution in [0.3, 0.4) is 0 Å². The molecule has 0 saturated carbocycles. The molecule has 0 spiro atoms. The van der Waals surface area contributed by atoms with Gasteiger partial charge in [-0.2, -0.15) is 0 Å². The summed E-state index contributed by atoms with van der Waals surface area (Å²) in [7, 11) is 0. The number of rotatable bonds is 5. The molecular weight excluding hydrogens is 324 g/mol. The number of amides is 1. The maximum atomic E-state index is 12.2. The summed E-state index contributed by atoms with van der Waals surface area (Å²) in [6, 6.07) is 13.3. The van der Waals surface area contributed by atoms with Gasteiger partial charge in [-0.25, -0.2) is 9.97 Å². The number of carbonyl (C=O) groups is 1. The number of para-hydroxylation sites is 1. The summed E-state index contributed by atoms with van der Waals surface area (Å²) in [4.78, 5) is 20.9. The fourth-order valence-electron chi connectivity index (χ4n) is 1.99. The van der Waals surface area contributed by atoms with Crippen LogP contribution in [-0.2, 0) is 0 Å². The van der Waals surface area contributed by atoms with Crippen LogP contribution in [0.1, 0.15) is 27.7 Å². The van der Waals surface area contributed by atoms with Crippen LogP contribution >= 0.6 is 11.3 Å². The molecule has 0 bridgehead atoms. The van der Waals surface area contributed by atoms with Gasteiger partial charge in [0.05, 0.1) is 18.1 Å². The molecule has 0 aliphatic carbocycles. The lowest BCUT2D eigenvalue weighted by atomic mass is 10.3. The molecule has 3 rings (SSSR count). The zero-order valence-electron chi connectivity index (χ0n) is 12.9. The molecule has 3 N–H and O–H groups in total. The topological polar surface area (TPSA) is 87.1 Å². The van der Waals surface area contributed by atoms with Crippen LogP contribution in [0.25, 0.3) is 0 Å². The van der Waals surface area contributed by atoms with Gasteiger partial charge in [-0.05, 0) is 31.2 Å². The van der Waals surface area contributed by atoms with E-state index >= 15 is 0 Å². The SMILES string of the molecule is C[C@@H](O)c1ncc(C(=O)Nc2ccc(Nc3ccccc3)nc2)s1. The van der Waals surface area contributed by atoms with Crippen LogP contribution in [0.15, 0.2) is 54.9 Å². The van der Waals surface area contributed by atoms with Gasteiger partial charge in [0.1, 0.15) is 21.8 Å². The van der Waals surface area contributed by atoms with Crippen LogP contribution in [-0.4, -0.2) is 21.0 Å². The lowest BCUT2D eigenvalue weighted by molar-refractivity contribution is 0.103. The second-order valence-corrected chi connectivity index (χ2v) is 6.18. The molecular formula is C17H16N4O2S. The number of anilines is 3. The smallest absolute Gasteiger partial charge is 0.267 e. The number of aliphatic hydroxyl groups excluding tert-OH is 1.